The van der Waals surface area contributed by atoms with Crippen molar-refractivity contribution in [3.05, 3.63) is 16.0 Å². The number of nitrogens with one attached hydrogen (secondary N) is 1. The summed E-state index contributed by atoms with van der Waals surface area (Å²) in [5.74, 6) is -0.625. The molecule has 0 unspecified atom stereocenters. The number of hydrogen-bond donors (Lipinski definition) is 1. The molecule has 0 spiro atoms. The van der Waals surface area contributed by atoms with E-state index < -0.39 is 5.97 Å². The molecule has 1 amide bonds. The highest BCUT2D eigenvalue weighted by atomic mass is 32.1. The lowest BCUT2D eigenvalue weighted by molar-refractivity contribution is 0.0601. The van der Waals surface area contributed by atoms with E-state index in [2.05, 4.69) is 24.1 Å². The second-order valence-electron chi connectivity index (χ2n) is 5.87. The molecule has 1 aromatic rings. The first-order chi connectivity index (χ1) is 11.8. The zero-order valence-corrected chi connectivity index (χ0v) is 17.4. The third-order valence-corrected chi connectivity index (χ3v) is 5.19. The fourth-order valence-corrected chi connectivity index (χ4v) is 3.95. The molecule has 140 valence electrons. The minimum Gasteiger partial charge on any atom is -0.465 e. The number of ether oxygens (including phenoxy) is 1. The van der Waals surface area contributed by atoms with Crippen LogP contribution in [0, 0.1) is 6.92 Å². The minimum atomic E-state index is -0.477. The second-order valence-corrected chi connectivity index (χ2v) is 7.28. The molecule has 0 aliphatic carbocycles. The number of thiocarbonyl (C=S) groups is 1. The van der Waals surface area contributed by atoms with E-state index in [-0.39, 0.29) is 5.91 Å². The van der Waals surface area contributed by atoms with Gasteiger partial charge >= 0.3 is 5.97 Å². The van der Waals surface area contributed by atoms with Gasteiger partial charge in [-0.25, -0.2) is 4.79 Å². The summed E-state index contributed by atoms with van der Waals surface area (Å²) in [6.45, 7) is 7.61. The predicted molar refractivity (Wildman–Crippen MR) is 107 cm³/mol. The number of esters is 1. The summed E-state index contributed by atoms with van der Waals surface area (Å²) in [4.78, 5) is 28.7. The van der Waals surface area contributed by atoms with Crippen molar-refractivity contribution in [1.82, 2.24) is 9.80 Å². The summed E-state index contributed by atoms with van der Waals surface area (Å²) in [7, 11) is 4.69. The first kappa shape index (κ1) is 21.4. The van der Waals surface area contributed by atoms with Crippen molar-refractivity contribution in [3.8, 4) is 0 Å². The van der Waals surface area contributed by atoms with E-state index in [0.717, 1.165) is 25.9 Å². The Hall–Kier alpha value is -1.67. The zero-order chi connectivity index (χ0) is 19.1. The topological polar surface area (TPSA) is 61.9 Å². The summed E-state index contributed by atoms with van der Waals surface area (Å²) in [5.41, 5.74) is 0.978. The van der Waals surface area contributed by atoms with Crippen LogP contribution < -0.4 is 5.32 Å². The van der Waals surface area contributed by atoms with Crippen LogP contribution in [0.3, 0.4) is 0 Å². The number of nitrogens with zero attached hydrogens (tertiary/aromatic N) is 2. The van der Waals surface area contributed by atoms with Gasteiger partial charge in [0.05, 0.1) is 17.6 Å². The maximum atomic E-state index is 12.4. The molecule has 1 rings (SSSR count). The van der Waals surface area contributed by atoms with Crippen molar-refractivity contribution in [2.24, 2.45) is 0 Å². The number of carbonyl (C=O) groups excluding carboxylic acids is 2. The molecule has 0 bridgehead atoms. The van der Waals surface area contributed by atoms with Crippen LogP contribution >= 0.6 is 23.6 Å². The first-order valence-corrected chi connectivity index (χ1v) is 9.50. The summed E-state index contributed by atoms with van der Waals surface area (Å²) in [6, 6.07) is 0. The van der Waals surface area contributed by atoms with Gasteiger partial charge in [0.1, 0.15) is 5.00 Å². The number of anilines is 1. The van der Waals surface area contributed by atoms with E-state index in [1.807, 2.05) is 0 Å². The van der Waals surface area contributed by atoms with E-state index in [0.29, 0.717) is 26.1 Å². The van der Waals surface area contributed by atoms with Crippen molar-refractivity contribution < 1.29 is 14.3 Å². The van der Waals surface area contributed by atoms with Gasteiger partial charge in [0, 0.05) is 27.2 Å². The Morgan fingerprint density at radius 2 is 1.76 bits per heavy atom. The van der Waals surface area contributed by atoms with E-state index >= 15 is 0 Å². The summed E-state index contributed by atoms with van der Waals surface area (Å²) >= 11 is 6.75. The number of rotatable bonds is 7. The predicted octanol–water partition coefficient (Wildman–Crippen LogP) is 3.36. The van der Waals surface area contributed by atoms with Crippen molar-refractivity contribution in [3.63, 3.8) is 0 Å². The Morgan fingerprint density at radius 1 is 1.20 bits per heavy atom. The summed E-state index contributed by atoms with van der Waals surface area (Å²) < 4.78 is 4.89. The van der Waals surface area contributed by atoms with E-state index in [1.165, 1.54) is 23.3 Å². The molecular weight excluding hydrogens is 358 g/mol. The lowest BCUT2D eigenvalue weighted by Gasteiger charge is -2.24. The molecular formula is C17H27N3O3S2. The first-order valence-electron chi connectivity index (χ1n) is 8.27. The molecule has 6 nitrogen and oxygen atoms in total. The highest BCUT2D eigenvalue weighted by molar-refractivity contribution is 7.80. The van der Waals surface area contributed by atoms with Gasteiger partial charge in [-0.3, -0.25) is 4.79 Å². The number of methoxy groups -OCH3 is 1. The third-order valence-electron chi connectivity index (χ3n) is 3.63. The molecule has 0 aromatic carbocycles. The molecule has 1 aromatic heterocycles. The van der Waals surface area contributed by atoms with Gasteiger partial charge in [-0.2, -0.15) is 0 Å². The van der Waals surface area contributed by atoms with Gasteiger partial charge in [-0.15, -0.1) is 11.3 Å². The third kappa shape index (κ3) is 5.15. The molecule has 0 aliphatic rings. The van der Waals surface area contributed by atoms with Crippen molar-refractivity contribution in [1.29, 1.82) is 0 Å². The SMILES string of the molecule is CCCN(CCC)C(=S)Nc1sc(C(=O)N(C)C)c(C)c1C(=O)OC. The molecule has 8 heteroatoms. The maximum absolute atomic E-state index is 12.4. The van der Waals surface area contributed by atoms with Gasteiger partial charge in [0.15, 0.2) is 5.11 Å². The number of amides is 1. The Kier molecular flexibility index (Phi) is 8.31. The zero-order valence-electron chi connectivity index (χ0n) is 15.8. The van der Waals surface area contributed by atoms with Gasteiger partial charge in [-0.05, 0) is 37.5 Å². The fraction of sp³-hybridized carbons (Fsp3) is 0.588. The van der Waals surface area contributed by atoms with Crippen LogP contribution in [0.25, 0.3) is 0 Å². The number of hydrogen-bond acceptors (Lipinski definition) is 5. The standard InChI is InChI=1S/C17H27N3O3S2/c1-7-9-20(10-8-2)17(24)18-14-12(16(22)23-6)11(3)13(25-14)15(21)19(4)5/h7-10H2,1-6H3,(H,18,24). The van der Waals surface area contributed by atoms with Crippen LogP contribution in [0.1, 0.15) is 52.3 Å². The molecule has 0 atom stereocenters. The van der Waals surface area contributed by atoms with E-state index in [9.17, 15) is 9.59 Å². The average molecular weight is 386 g/mol. The second kappa shape index (κ2) is 9.72. The molecule has 0 radical (unpaired) electrons. The van der Waals surface area contributed by atoms with Crippen LogP contribution in [0.4, 0.5) is 5.00 Å². The molecule has 1 heterocycles. The number of thiophene rings is 1. The molecule has 0 fully saturated rings. The lowest BCUT2D eigenvalue weighted by atomic mass is 10.1. The van der Waals surface area contributed by atoms with Crippen LogP contribution in [-0.4, -0.2) is 61.1 Å². The average Bonchev–Trinajstić information content (AvgIpc) is 2.89. The monoisotopic (exact) mass is 385 g/mol. The highest BCUT2D eigenvalue weighted by Gasteiger charge is 2.27. The minimum absolute atomic E-state index is 0.148. The van der Waals surface area contributed by atoms with Crippen LogP contribution in [0.2, 0.25) is 0 Å². The molecule has 1 N–H and O–H groups in total. The van der Waals surface area contributed by atoms with Gasteiger partial charge in [0.2, 0.25) is 0 Å². The van der Waals surface area contributed by atoms with Gasteiger partial charge in [0.25, 0.3) is 5.91 Å². The molecule has 0 aliphatic heterocycles. The lowest BCUT2D eigenvalue weighted by Crippen LogP contribution is -2.36. The molecule has 0 saturated heterocycles. The number of carbonyl (C=O) groups is 2. The highest BCUT2D eigenvalue weighted by Crippen LogP contribution is 2.34. The largest absolute Gasteiger partial charge is 0.465 e. The quantitative estimate of drug-likeness (QED) is 0.574. The van der Waals surface area contributed by atoms with Crippen molar-refractivity contribution in [2.75, 3.05) is 39.6 Å². The summed E-state index contributed by atoms with van der Waals surface area (Å²) in [6.07, 6.45) is 1.94. The summed E-state index contributed by atoms with van der Waals surface area (Å²) in [5, 5.41) is 4.26. The Morgan fingerprint density at radius 3 is 2.20 bits per heavy atom. The van der Waals surface area contributed by atoms with Crippen molar-refractivity contribution in [2.45, 2.75) is 33.6 Å². The maximum Gasteiger partial charge on any atom is 0.341 e. The van der Waals surface area contributed by atoms with Crippen LogP contribution in [-0.2, 0) is 4.74 Å². The Bertz CT molecular complexity index is 635. The van der Waals surface area contributed by atoms with Gasteiger partial charge < -0.3 is 19.9 Å². The van der Waals surface area contributed by atoms with Gasteiger partial charge in [-0.1, -0.05) is 13.8 Å². The van der Waals surface area contributed by atoms with Crippen LogP contribution in [0.15, 0.2) is 0 Å². The fourth-order valence-electron chi connectivity index (χ4n) is 2.39. The Balaban J connectivity index is 3.24. The van der Waals surface area contributed by atoms with E-state index in [1.54, 1.807) is 21.0 Å². The van der Waals surface area contributed by atoms with E-state index in [4.69, 9.17) is 17.0 Å². The smallest absolute Gasteiger partial charge is 0.341 e. The van der Waals surface area contributed by atoms with Crippen molar-refractivity contribution >= 4 is 45.5 Å². The van der Waals surface area contributed by atoms with Crippen LogP contribution in [0.5, 0.6) is 0 Å². The Labute approximate surface area is 159 Å². The molecule has 25 heavy (non-hydrogen) atoms. The normalized spacial score (nSPS) is 10.3. The molecule has 0 saturated carbocycles.